The molecule has 6 rings (SSSR count). The van der Waals surface area contributed by atoms with Crippen molar-refractivity contribution in [2.45, 2.75) is 31.9 Å². The van der Waals surface area contributed by atoms with Gasteiger partial charge in [0.15, 0.2) is 11.5 Å². The second kappa shape index (κ2) is 7.67. The Bertz CT molecular complexity index is 1360. The third-order valence-corrected chi connectivity index (χ3v) is 6.31. The highest BCUT2D eigenvalue weighted by Gasteiger charge is 2.28. The van der Waals surface area contributed by atoms with E-state index < -0.39 is 5.60 Å². The second-order valence-electron chi connectivity index (χ2n) is 9.07. The molecule has 1 fully saturated rings. The summed E-state index contributed by atoms with van der Waals surface area (Å²) in [5, 5.41) is 13.8. The number of piperidine rings is 1. The average molecular weight is 440 g/mol. The predicted molar refractivity (Wildman–Crippen MR) is 129 cm³/mol. The number of benzene rings is 1. The number of hydrogen-bond donors (Lipinski definition) is 2. The predicted octanol–water partition coefficient (Wildman–Crippen LogP) is 3.82. The van der Waals surface area contributed by atoms with Crippen LogP contribution in [0.5, 0.6) is 0 Å². The Morgan fingerprint density at radius 3 is 2.94 bits per heavy atom. The number of aliphatic hydroxyl groups is 1. The van der Waals surface area contributed by atoms with Gasteiger partial charge in [-0.05, 0) is 49.1 Å². The van der Waals surface area contributed by atoms with E-state index in [1.807, 2.05) is 42.1 Å². The van der Waals surface area contributed by atoms with Gasteiger partial charge in [0.1, 0.15) is 5.82 Å². The van der Waals surface area contributed by atoms with E-state index in [0.717, 1.165) is 47.8 Å². The molecule has 0 bridgehead atoms. The van der Waals surface area contributed by atoms with Gasteiger partial charge < -0.3 is 19.7 Å². The third-order valence-electron chi connectivity index (χ3n) is 6.31. The van der Waals surface area contributed by atoms with Crippen molar-refractivity contribution in [3.63, 3.8) is 0 Å². The number of fused-ring (bicyclic) bond motifs is 2. The minimum absolute atomic E-state index is 0.594. The van der Waals surface area contributed by atoms with Crippen LogP contribution in [0.3, 0.4) is 0 Å². The Morgan fingerprint density at radius 1 is 1.15 bits per heavy atom. The standard InChI is InChI=1S/C25H25N7O/c1-25(33)7-2-9-32(16-25)22-6-5-20(14-28-22)29-23-24-27-8-10-31(24)15-21(30-23)17-3-4-18-12-26-13-19(18)11-17/h3-6,8,10-12,14-15,33H,2,7,9,13,16H2,1H3,(H,29,30)/t25-/m1/s1. The zero-order valence-electron chi connectivity index (χ0n) is 18.4. The van der Waals surface area contributed by atoms with Crippen LogP contribution in [0, 0.1) is 0 Å². The molecule has 2 N–H and O–H groups in total. The van der Waals surface area contributed by atoms with E-state index in [1.165, 1.54) is 11.1 Å². The first-order valence-electron chi connectivity index (χ1n) is 11.2. The fourth-order valence-corrected chi connectivity index (χ4v) is 4.62. The van der Waals surface area contributed by atoms with Gasteiger partial charge in [-0.1, -0.05) is 12.1 Å². The van der Waals surface area contributed by atoms with Crippen LogP contribution in [0.1, 0.15) is 30.9 Å². The van der Waals surface area contributed by atoms with Gasteiger partial charge in [-0.15, -0.1) is 0 Å². The van der Waals surface area contributed by atoms with Gasteiger partial charge >= 0.3 is 0 Å². The number of β-amino-alcohol motifs (C(OH)–C–C–N with tert-alkyl or cyclic N) is 1. The Kier molecular flexibility index (Phi) is 4.62. The highest BCUT2D eigenvalue weighted by Crippen LogP contribution is 2.28. The van der Waals surface area contributed by atoms with E-state index in [-0.39, 0.29) is 0 Å². The van der Waals surface area contributed by atoms with Crippen molar-refractivity contribution in [2.75, 3.05) is 23.3 Å². The van der Waals surface area contributed by atoms with Crippen LogP contribution in [0.25, 0.3) is 16.9 Å². The highest BCUT2D eigenvalue weighted by atomic mass is 16.3. The van der Waals surface area contributed by atoms with Crippen LogP contribution in [0.4, 0.5) is 17.3 Å². The number of rotatable bonds is 4. The molecule has 33 heavy (non-hydrogen) atoms. The molecule has 8 nitrogen and oxygen atoms in total. The fraction of sp³-hybridized carbons (Fsp3) is 0.280. The maximum atomic E-state index is 10.4. The molecule has 1 aromatic carbocycles. The van der Waals surface area contributed by atoms with Gasteiger partial charge in [0.05, 0.1) is 29.7 Å². The summed E-state index contributed by atoms with van der Waals surface area (Å²) in [5.41, 5.74) is 5.20. The molecule has 0 saturated carbocycles. The molecule has 2 aliphatic rings. The number of nitrogens with zero attached hydrogens (tertiary/aromatic N) is 6. The summed E-state index contributed by atoms with van der Waals surface area (Å²) < 4.78 is 1.98. The first kappa shape index (κ1) is 19.9. The minimum atomic E-state index is -0.669. The summed E-state index contributed by atoms with van der Waals surface area (Å²) in [6.07, 6.45) is 11.2. The van der Waals surface area contributed by atoms with Gasteiger partial charge in [0.25, 0.3) is 0 Å². The molecular formula is C25H25N7O. The molecule has 1 atom stereocenters. The van der Waals surface area contributed by atoms with Crippen LogP contribution >= 0.6 is 0 Å². The zero-order chi connectivity index (χ0) is 22.4. The first-order chi connectivity index (χ1) is 16.0. The van der Waals surface area contributed by atoms with E-state index in [0.29, 0.717) is 18.9 Å². The topological polar surface area (TPSA) is 90.9 Å². The Balaban J connectivity index is 1.29. The van der Waals surface area contributed by atoms with Gasteiger partial charge in [0.2, 0.25) is 0 Å². The van der Waals surface area contributed by atoms with E-state index in [4.69, 9.17) is 4.98 Å². The molecule has 4 aromatic rings. The summed E-state index contributed by atoms with van der Waals surface area (Å²) in [7, 11) is 0. The fourth-order valence-electron chi connectivity index (χ4n) is 4.62. The quantitative estimate of drug-likeness (QED) is 0.502. The van der Waals surface area contributed by atoms with Crippen LogP contribution in [0.2, 0.25) is 0 Å². The monoisotopic (exact) mass is 439 g/mol. The zero-order valence-corrected chi connectivity index (χ0v) is 18.4. The normalized spacial score (nSPS) is 19.8. The molecule has 0 radical (unpaired) electrons. The lowest BCUT2D eigenvalue weighted by molar-refractivity contribution is 0.0447. The summed E-state index contributed by atoms with van der Waals surface area (Å²) in [6, 6.07) is 10.3. The molecule has 0 unspecified atom stereocenters. The molecule has 8 heteroatoms. The van der Waals surface area contributed by atoms with Crippen LogP contribution < -0.4 is 10.2 Å². The van der Waals surface area contributed by atoms with Crippen molar-refractivity contribution in [2.24, 2.45) is 4.99 Å². The SMILES string of the molecule is C[C@@]1(O)CCCN(c2ccc(Nc3nc(-c4ccc5c(c4)CN=C5)cn4ccnc34)cn2)C1. The minimum Gasteiger partial charge on any atom is -0.388 e. The Labute approximate surface area is 191 Å². The van der Waals surface area contributed by atoms with Crippen LogP contribution in [-0.2, 0) is 6.54 Å². The Morgan fingerprint density at radius 2 is 2.09 bits per heavy atom. The van der Waals surface area contributed by atoms with Gasteiger partial charge in [-0.3, -0.25) is 4.99 Å². The van der Waals surface area contributed by atoms with Gasteiger partial charge in [0, 0.05) is 43.5 Å². The van der Waals surface area contributed by atoms with Crippen molar-refractivity contribution < 1.29 is 5.11 Å². The van der Waals surface area contributed by atoms with Gasteiger partial charge in [-0.25, -0.2) is 15.0 Å². The molecule has 5 heterocycles. The molecular weight excluding hydrogens is 414 g/mol. The molecule has 166 valence electrons. The number of imidazole rings is 1. The lowest BCUT2D eigenvalue weighted by Gasteiger charge is -2.37. The van der Waals surface area contributed by atoms with Crippen molar-refractivity contribution in [3.05, 3.63) is 66.2 Å². The Hall–Kier alpha value is -3.78. The molecule has 0 spiro atoms. The number of hydrogen-bond acceptors (Lipinski definition) is 7. The highest BCUT2D eigenvalue weighted by molar-refractivity contribution is 5.86. The van der Waals surface area contributed by atoms with Crippen molar-refractivity contribution in [1.29, 1.82) is 0 Å². The molecule has 3 aromatic heterocycles. The summed E-state index contributed by atoms with van der Waals surface area (Å²) >= 11 is 0. The smallest absolute Gasteiger partial charge is 0.180 e. The summed E-state index contributed by atoms with van der Waals surface area (Å²) in [4.78, 5) is 20.5. The first-order valence-corrected chi connectivity index (χ1v) is 11.2. The maximum Gasteiger partial charge on any atom is 0.180 e. The van der Waals surface area contributed by atoms with E-state index in [9.17, 15) is 5.11 Å². The van der Waals surface area contributed by atoms with Crippen LogP contribution in [-0.4, -0.2) is 49.4 Å². The molecule has 1 saturated heterocycles. The second-order valence-corrected chi connectivity index (χ2v) is 9.07. The number of aromatic nitrogens is 4. The number of pyridine rings is 1. The number of aliphatic imine (C=N–C) groups is 1. The summed E-state index contributed by atoms with van der Waals surface area (Å²) in [6.45, 7) is 4.10. The van der Waals surface area contributed by atoms with Crippen LogP contribution in [0.15, 0.2) is 60.1 Å². The number of nitrogens with one attached hydrogen (secondary N) is 1. The lowest BCUT2D eigenvalue weighted by Crippen LogP contribution is -2.46. The largest absolute Gasteiger partial charge is 0.388 e. The van der Waals surface area contributed by atoms with Crippen molar-refractivity contribution in [1.82, 2.24) is 19.4 Å². The average Bonchev–Trinajstić information content (AvgIpc) is 3.48. The summed E-state index contributed by atoms with van der Waals surface area (Å²) in [5.74, 6) is 1.54. The molecule has 2 aliphatic heterocycles. The van der Waals surface area contributed by atoms with Crippen molar-refractivity contribution in [3.8, 4) is 11.3 Å². The van der Waals surface area contributed by atoms with Crippen molar-refractivity contribution >= 4 is 29.2 Å². The van der Waals surface area contributed by atoms with E-state index in [1.54, 1.807) is 12.4 Å². The third kappa shape index (κ3) is 3.82. The molecule has 0 aliphatic carbocycles. The van der Waals surface area contributed by atoms with E-state index >= 15 is 0 Å². The van der Waals surface area contributed by atoms with E-state index in [2.05, 4.69) is 43.4 Å². The number of anilines is 3. The lowest BCUT2D eigenvalue weighted by atomic mass is 9.95. The maximum absolute atomic E-state index is 10.4. The molecule has 0 amide bonds. The van der Waals surface area contributed by atoms with Gasteiger partial charge in [-0.2, -0.15) is 0 Å².